The van der Waals surface area contributed by atoms with Crippen molar-refractivity contribution in [2.45, 2.75) is 6.92 Å². The van der Waals surface area contributed by atoms with Crippen LogP contribution in [-0.4, -0.2) is 27.6 Å². The number of rotatable bonds is 2. The van der Waals surface area contributed by atoms with Crippen molar-refractivity contribution in [2.75, 3.05) is 4.90 Å². The zero-order valence-electron chi connectivity index (χ0n) is 10.5. The number of imide groups is 1. The molecule has 0 aliphatic carbocycles. The predicted molar refractivity (Wildman–Crippen MR) is 69.6 cm³/mol. The van der Waals surface area contributed by atoms with E-state index in [-0.39, 0.29) is 17.2 Å². The van der Waals surface area contributed by atoms with E-state index in [4.69, 9.17) is 0 Å². The fraction of sp³-hybridized carbons (Fsp3) is 0.0714. The number of nitrogens with zero attached hydrogens (tertiary/aromatic N) is 3. The SMILES string of the molecule is CC(=O)c1cccc(N2C(=O)c3nccnc3C2=O)c1. The molecule has 6 heteroatoms. The molecule has 0 fully saturated rings. The number of fused-ring (bicyclic) bond motifs is 1. The monoisotopic (exact) mass is 267 g/mol. The third kappa shape index (κ3) is 1.70. The van der Waals surface area contributed by atoms with E-state index in [9.17, 15) is 14.4 Å². The van der Waals surface area contributed by atoms with Crippen molar-refractivity contribution in [3.63, 3.8) is 0 Å². The number of aromatic nitrogens is 2. The first-order valence-electron chi connectivity index (χ1n) is 5.90. The second-order valence-corrected chi connectivity index (χ2v) is 4.31. The van der Waals surface area contributed by atoms with Gasteiger partial charge in [-0.05, 0) is 19.1 Å². The topological polar surface area (TPSA) is 80.2 Å². The molecule has 1 aliphatic heterocycles. The minimum absolute atomic E-state index is 0.0331. The number of Topliss-reactive ketones (excluding diaryl/α,β-unsaturated/α-hetero) is 1. The lowest BCUT2D eigenvalue weighted by Gasteiger charge is -2.13. The van der Waals surface area contributed by atoms with Gasteiger partial charge in [-0.3, -0.25) is 14.4 Å². The molecule has 0 spiro atoms. The highest BCUT2D eigenvalue weighted by molar-refractivity contribution is 6.33. The van der Waals surface area contributed by atoms with Crippen molar-refractivity contribution >= 4 is 23.3 Å². The van der Waals surface area contributed by atoms with Gasteiger partial charge in [0.1, 0.15) is 0 Å². The molecular weight excluding hydrogens is 258 g/mol. The van der Waals surface area contributed by atoms with E-state index in [0.717, 1.165) is 4.90 Å². The Bertz CT molecular complexity index is 720. The molecule has 3 rings (SSSR count). The second-order valence-electron chi connectivity index (χ2n) is 4.31. The molecule has 0 saturated heterocycles. The van der Waals surface area contributed by atoms with Gasteiger partial charge in [0.25, 0.3) is 11.8 Å². The van der Waals surface area contributed by atoms with Gasteiger partial charge in [0.05, 0.1) is 5.69 Å². The standard InChI is InChI=1S/C14H9N3O3/c1-8(18)9-3-2-4-10(7-9)17-13(19)11-12(14(17)20)16-6-5-15-11/h2-7H,1H3. The highest BCUT2D eigenvalue weighted by atomic mass is 16.2. The van der Waals surface area contributed by atoms with Gasteiger partial charge in [0.2, 0.25) is 0 Å². The molecule has 2 aromatic rings. The van der Waals surface area contributed by atoms with Crippen LogP contribution in [0.15, 0.2) is 36.7 Å². The molecule has 0 bridgehead atoms. The Kier molecular flexibility index (Phi) is 2.64. The molecule has 0 unspecified atom stereocenters. The fourth-order valence-corrected chi connectivity index (χ4v) is 2.05. The van der Waals surface area contributed by atoms with Gasteiger partial charge in [-0.15, -0.1) is 0 Å². The van der Waals surface area contributed by atoms with Crippen LogP contribution in [-0.2, 0) is 0 Å². The van der Waals surface area contributed by atoms with E-state index in [0.29, 0.717) is 11.3 Å². The lowest BCUT2D eigenvalue weighted by molar-refractivity contribution is 0.0921. The Morgan fingerprint density at radius 1 is 1.05 bits per heavy atom. The minimum Gasteiger partial charge on any atom is -0.295 e. The van der Waals surface area contributed by atoms with Crippen LogP contribution >= 0.6 is 0 Å². The zero-order valence-corrected chi connectivity index (χ0v) is 10.5. The van der Waals surface area contributed by atoms with Crippen LogP contribution in [0.4, 0.5) is 5.69 Å². The summed E-state index contributed by atoms with van der Waals surface area (Å²) in [5, 5.41) is 0. The highest BCUT2D eigenvalue weighted by Crippen LogP contribution is 2.26. The first kappa shape index (κ1) is 12.2. The third-order valence-corrected chi connectivity index (χ3v) is 3.02. The number of carbonyl (C=O) groups excluding carboxylic acids is 3. The van der Waals surface area contributed by atoms with Crippen LogP contribution in [0.3, 0.4) is 0 Å². The van der Waals surface area contributed by atoms with Crippen LogP contribution < -0.4 is 4.90 Å². The molecule has 2 heterocycles. The molecule has 1 aromatic heterocycles. The van der Waals surface area contributed by atoms with Crippen LogP contribution in [0, 0.1) is 0 Å². The fourth-order valence-electron chi connectivity index (χ4n) is 2.05. The molecule has 2 amide bonds. The average molecular weight is 267 g/mol. The Morgan fingerprint density at radius 2 is 1.65 bits per heavy atom. The summed E-state index contributed by atoms with van der Waals surface area (Å²) in [6.45, 7) is 1.42. The smallest absolute Gasteiger partial charge is 0.286 e. The summed E-state index contributed by atoms with van der Waals surface area (Å²) in [4.78, 5) is 44.5. The van der Waals surface area contributed by atoms with Gasteiger partial charge in [0.15, 0.2) is 17.2 Å². The maximum atomic E-state index is 12.2. The van der Waals surface area contributed by atoms with Gasteiger partial charge >= 0.3 is 0 Å². The Balaban J connectivity index is 2.09. The van der Waals surface area contributed by atoms with Crippen LogP contribution in [0.2, 0.25) is 0 Å². The van der Waals surface area contributed by atoms with Crippen LogP contribution in [0.1, 0.15) is 38.3 Å². The Labute approximate surface area is 114 Å². The van der Waals surface area contributed by atoms with Crippen LogP contribution in [0.5, 0.6) is 0 Å². The van der Waals surface area contributed by atoms with E-state index in [1.165, 1.54) is 25.4 Å². The van der Waals surface area contributed by atoms with Crippen molar-refractivity contribution in [1.29, 1.82) is 0 Å². The molecule has 98 valence electrons. The van der Waals surface area contributed by atoms with Gasteiger partial charge in [0, 0.05) is 18.0 Å². The molecule has 0 radical (unpaired) electrons. The first-order valence-corrected chi connectivity index (χ1v) is 5.90. The number of ketones is 1. The van der Waals surface area contributed by atoms with Gasteiger partial charge in [-0.2, -0.15) is 0 Å². The molecule has 0 N–H and O–H groups in total. The number of benzene rings is 1. The zero-order chi connectivity index (χ0) is 14.3. The summed E-state index contributed by atoms with van der Waals surface area (Å²) in [6, 6.07) is 6.34. The normalized spacial score (nSPS) is 13.6. The Morgan fingerprint density at radius 3 is 2.20 bits per heavy atom. The second kappa shape index (κ2) is 4.34. The maximum Gasteiger partial charge on any atom is 0.286 e. The van der Waals surface area contributed by atoms with Crippen molar-refractivity contribution in [1.82, 2.24) is 9.97 Å². The quantitative estimate of drug-likeness (QED) is 0.608. The van der Waals surface area contributed by atoms with Crippen molar-refractivity contribution < 1.29 is 14.4 Å². The summed E-state index contributed by atoms with van der Waals surface area (Å²) in [5.41, 5.74) is 0.837. The number of anilines is 1. The van der Waals surface area contributed by atoms with E-state index < -0.39 is 11.8 Å². The molecule has 1 aliphatic rings. The molecule has 6 nitrogen and oxygen atoms in total. The Hall–Kier alpha value is -2.89. The first-order chi connectivity index (χ1) is 9.59. The molecule has 1 aromatic carbocycles. The maximum absolute atomic E-state index is 12.2. The minimum atomic E-state index is -0.529. The van der Waals surface area contributed by atoms with Gasteiger partial charge < -0.3 is 0 Å². The van der Waals surface area contributed by atoms with E-state index >= 15 is 0 Å². The highest BCUT2D eigenvalue weighted by Gasteiger charge is 2.39. The van der Waals surface area contributed by atoms with Crippen LogP contribution in [0.25, 0.3) is 0 Å². The number of carbonyl (C=O) groups is 3. The number of hydrogen-bond acceptors (Lipinski definition) is 5. The van der Waals surface area contributed by atoms with Gasteiger partial charge in [-0.25, -0.2) is 14.9 Å². The van der Waals surface area contributed by atoms with E-state index in [1.54, 1.807) is 18.2 Å². The third-order valence-electron chi connectivity index (χ3n) is 3.02. The largest absolute Gasteiger partial charge is 0.295 e. The summed E-state index contributed by atoms with van der Waals surface area (Å²) in [6.07, 6.45) is 2.72. The summed E-state index contributed by atoms with van der Waals surface area (Å²) in [5.74, 6) is -1.20. The van der Waals surface area contributed by atoms with Crippen molar-refractivity contribution in [2.24, 2.45) is 0 Å². The number of amides is 2. The van der Waals surface area contributed by atoms with Gasteiger partial charge in [-0.1, -0.05) is 12.1 Å². The predicted octanol–water partition coefficient (Wildman–Crippen LogP) is 1.48. The lowest BCUT2D eigenvalue weighted by Crippen LogP contribution is -2.29. The van der Waals surface area contributed by atoms with E-state index in [2.05, 4.69) is 9.97 Å². The molecular formula is C14H9N3O3. The summed E-state index contributed by atoms with van der Waals surface area (Å²) >= 11 is 0. The summed E-state index contributed by atoms with van der Waals surface area (Å²) < 4.78 is 0. The summed E-state index contributed by atoms with van der Waals surface area (Å²) in [7, 11) is 0. The van der Waals surface area contributed by atoms with E-state index in [1.807, 2.05) is 0 Å². The molecule has 0 atom stereocenters. The van der Waals surface area contributed by atoms with Crippen molar-refractivity contribution in [3.8, 4) is 0 Å². The number of hydrogen-bond donors (Lipinski definition) is 0. The average Bonchev–Trinajstić information content (AvgIpc) is 2.72. The van der Waals surface area contributed by atoms with Crippen molar-refractivity contribution in [3.05, 3.63) is 53.6 Å². The lowest BCUT2D eigenvalue weighted by atomic mass is 10.1. The molecule has 0 saturated carbocycles. The molecule has 20 heavy (non-hydrogen) atoms.